The summed E-state index contributed by atoms with van der Waals surface area (Å²) >= 11 is 0. The first-order valence-corrected chi connectivity index (χ1v) is 8.71. The van der Waals surface area contributed by atoms with Gasteiger partial charge in [0.15, 0.2) is 5.78 Å². The number of hydrogen-bond acceptors (Lipinski definition) is 1. The summed E-state index contributed by atoms with van der Waals surface area (Å²) in [6, 6.07) is 6.21. The second kappa shape index (κ2) is 8.66. The SMILES string of the molecule is CCCCCCn1cc[n+](CC(=O)Cc2c(C)cccc2C)c1. The lowest BCUT2D eigenvalue weighted by atomic mass is 9.98. The van der Waals surface area contributed by atoms with Gasteiger partial charge in [0.2, 0.25) is 6.33 Å². The van der Waals surface area contributed by atoms with Gasteiger partial charge in [0, 0.05) is 6.42 Å². The minimum absolute atomic E-state index is 0.260. The summed E-state index contributed by atoms with van der Waals surface area (Å²) in [5.74, 6) is 0.260. The number of rotatable bonds is 9. The molecule has 0 spiro atoms. The quantitative estimate of drug-likeness (QED) is 0.511. The van der Waals surface area contributed by atoms with E-state index in [-0.39, 0.29) is 5.78 Å². The fourth-order valence-electron chi connectivity index (χ4n) is 2.97. The third-order valence-electron chi connectivity index (χ3n) is 4.39. The molecular weight excluding hydrogens is 284 g/mol. The molecule has 0 aliphatic carbocycles. The van der Waals surface area contributed by atoms with E-state index in [1.54, 1.807) is 0 Å². The van der Waals surface area contributed by atoms with Crippen LogP contribution in [0.25, 0.3) is 0 Å². The van der Waals surface area contributed by atoms with Crippen molar-refractivity contribution in [1.29, 1.82) is 0 Å². The number of carbonyl (C=O) groups excluding carboxylic acids is 1. The maximum absolute atomic E-state index is 12.4. The van der Waals surface area contributed by atoms with Gasteiger partial charge in [-0.25, -0.2) is 9.13 Å². The largest absolute Gasteiger partial charge is 0.295 e. The minimum atomic E-state index is 0.260. The van der Waals surface area contributed by atoms with Crippen molar-refractivity contribution in [1.82, 2.24) is 4.57 Å². The number of aryl methyl sites for hydroxylation is 3. The van der Waals surface area contributed by atoms with Crippen molar-refractivity contribution in [2.24, 2.45) is 0 Å². The van der Waals surface area contributed by atoms with E-state index in [1.165, 1.54) is 42.4 Å². The molecule has 0 unspecified atom stereocenters. The van der Waals surface area contributed by atoms with E-state index in [0.29, 0.717) is 13.0 Å². The molecular formula is C20H29N2O+. The van der Waals surface area contributed by atoms with Crippen LogP contribution < -0.4 is 4.57 Å². The van der Waals surface area contributed by atoms with Crippen LogP contribution in [0.4, 0.5) is 0 Å². The van der Waals surface area contributed by atoms with Crippen molar-refractivity contribution < 1.29 is 9.36 Å². The first-order valence-electron chi connectivity index (χ1n) is 8.71. The molecule has 3 heteroatoms. The predicted octanol–water partition coefficient (Wildman–Crippen LogP) is 3.78. The molecule has 0 aliphatic heterocycles. The zero-order chi connectivity index (χ0) is 16.7. The number of nitrogens with zero attached hydrogens (tertiary/aromatic N) is 2. The van der Waals surface area contributed by atoms with Crippen LogP contribution in [0.15, 0.2) is 36.9 Å². The lowest BCUT2D eigenvalue weighted by molar-refractivity contribution is -0.683. The maximum Gasteiger partial charge on any atom is 0.244 e. The highest BCUT2D eigenvalue weighted by molar-refractivity contribution is 5.80. The fourth-order valence-corrected chi connectivity index (χ4v) is 2.97. The fraction of sp³-hybridized carbons (Fsp3) is 0.500. The first kappa shape index (κ1) is 17.5. The van der Waals surface area contributed by atoms with Crippen LogP contribution in [0.1, 0.15) is 49.3 Å². The summed E-state index contributed by atoms with van der Waals surface area (Å²) in [4.78, 5) is 12.4. The van der Waals surface area contributed by atoms with E-state index in [0.717, 1.165) is 6.54 Å². The normalized spacial score (nSPS) is 10.9. The van der Waals surface area contributed by atoms with Gasteiger partial charge in [-0.2, -0.15) is 0 Å². The van der Waals surface area contributed by atoms with Crippen LogP contribution in [0.5, 0.6) is 0 Å². The van der Waals surface area contributed by atoms with Crippen LogP contribution in [-0.2, 0) is 24.3 Å². The summed E-state index contributed by atoms with van der Waals surface area (Å²) in [7, 11) is 0. The van der Waals surface area contributed by atoms with Crippen molar-refractivity contribution in [2.45, 2.75) is 66.0 Å². The number of hydrogen-bond donors (Lipinski definition) is 0. The average Bonchev–Trinajstić information content (AvgIpc) is 2.95. The zero-order valence-electron chi connectivity index (χ0n) is 14.7. The Bertz CT molecular complexity index is 623. The Kier molecular flexibility index (Phi) is 6.57. The van der Waals surface area contributed by atoms with Crippen LogP contribution >= 0.6 is 0 Å². The predicted molar refractivity (Wildman–Crippen MR) is 93.4 cm³/mol. The van der Waals surface area contributed by atoms with Gasteiger partial charge in [-0.3, -0.25) is 4.79 Å². The Morgan fingerprint density at radius 1 is 1.13 bits per heavy atom. The molecule has 0 amide bonds. The van der Waals surface area contributed by atoms with Gasteiger partial charge in [-0.05, 0) is 43.4 Å². The van der Waals surface area contributed by atoms with Gasteiger partial charge in [-0.15, -0.1) is 0 Å². The Morgan fingerprint density at radius 3 is 2.57 bits per heavy atom. The van der Waals surface area contributed by atoms with E-state index in [4.69, 9.17) is 0 Å². The Hall–Kier alpha value is -1.90. The molecule has 2 aromatic rings. The number of imidazole rings is 1. The maximum atomic E-state index is 12.4. The number of aromatic nitrogens is 2. The molecule has 1 aromatic carbocycles. The number of carbonyl (C=O) groups is 1. The van der Waals surface area contributed by atoms with E-state index in [2.05, 4.69) is 50.0 Å². The standard InChI is InChI=1S/C20H29N2O/c1-4-5-6-7-11-21-12-13-22(16-21)15-19(23)14-20-17(2)9-8-10-18(20)3/h8-10,12-13,16H,4-7,11,14-15H2,1-3H3/q+1. The zero-order valence-corrected chi connectivity index (χ0v) is 14.7. The molecule has 0 atom stereocenters. The molecule has 0 aliphatic rings. The molecule has 3 nitrogen and oxygen atoms in total. The Labute approximate surface area is 140 Å². The van der Waals surface area contributed by atoms with Crippen LogP contribution in [0.2, 0.25) is 0 Å². The molecule has 1 aromatic heterocycles. The molecule has 23 heavy (non-hydrogen) atoms. The third kappa shape index (κ3) is 5.34. The summed E-state index contributed by atoms with van der Waals surface area (Å²) in [6.45, 7) is 7.88. The van der Waals surface area contributed by atoms with Crippen molar-refractivity contribution >= 4 is 5.78 Å². The van der Waals surface area contributed by atoms with Crippen molar-refractivity contribution in [3.8, 4) is 0 Å². The first-order chi connectivity index (χ1) is 11.1. The number of benzene rings is 1. The van der Waals surface area contributed by atoms with Gasteiger partial charge in [0.05, 0.1) is 6.54 Å². The molecule has 0 saturated carbocycles. The summed E-state index contributed by atoms with van der Waals surface area (Å²) < 4.78 is 4.18. The van der Waals surface area contributed by atoms with Gasteiger partial charge >= 0.3 is 0 Å². The topological polar surface area (TPSA) is 25.9 Å². The highest BCUT2D eigenvalue weighted by atomic mass is 16.1. The lowest BCUT2D eigenvalue weighted by Gasteiger charge is -2.07. The van der Waals surface area contributed by atoms with Crippen molar-refractivity contribution in [2.75, 3.05) is 0 Å². The number of unbranched alkanes of at least 4 members (excludes halogenated alkanes) is 3. The smallest absolute Gasteiger partial charge is 0.244 e. The Morgan fingerprint density at radius 2 is 1.87 bits per heavy atom. The number of ketones is 1. The highest BCUT2D eigenvalue weighted by Gasteiger charge is 2.12. The monoisotopic (exact) mass is 313 g/mol. The van der Waals surface area contributed by atoms with Gasteiger partial charge in [0.25, 0.3) is 0 Å². The Balaban J connectivity index is 1.87. The van der Waals surface area contributed by atoms with Crippen molar-refractivity contribution in [3.63, 3.8) is 0 Å². The molecule has 0 saturated heterocycles. The van der Waals surface area contributed by atoms with Crippen LogP contribution in [0.3, 0.4) is 0 Å². The highest BCUT2D eigenvalue weighted by Crippen LogP contribution is 2.14. The lowest BCUT2D eigenvalue weighted by Crippen LogP contribution is -2.36. The number of Topliss-reactive ketones (excluding diaryl/α,β-unsaturated/α-hetero) is 1. The molecule has 124 valence electrons. The molecule has 1 heterocycles. The molecule has 2 rings (SSSR count). The van der Waals surface area contributed by atoms with E-state index in [1.807, 2.05) is 16.8 Å². The molecule has 0 fully saturated rings. The third-order valence-corrected chi connectivity index (χ3v) is 4.39. The second-order valence-corrected chi connectivity index (χ2v) is 6.47. The van der Waals surface area contributed by atoms with Crippen LogP contribution in [-0.4, -0.2) is 10.4 Å². The van der Waals surface area contributed by atoms with E-state index >= 15 is 0 Å². The second-order valence-electron chi connectivity index (χ2n) is 6.47. The van der Waals surface area contributed by atoms with Crippen LogP contribution in [0, 0.1) is 13.8 Å². The molecule has 0 bridgehead atoms. The van der Waals surface area contributed by atoms with Gasteiger partial charge in [0.1, 0.15) is 18.9 Å². The summed E-state index contributed by atoms with van der Waals surface area (Å²) in [5, 5.41) is 0. The summed E-state index contributed by atoms with van der Waals surface area (Å²) in [5.41, 5.74) is 3.59. The summed E-state index contributed by atoms with van der Waals surface area (Å²) in [6.07, 6.45) is 11.7. The van der Waals surface area contributed by atoms with Gasteiger partial charge < -0.3 is 0 Å². The van der Waals surface area contributed by atoms with E-state index < -0.39 is 0 Å². The minimum Gasteiger partial charge on any atom is -0.295 e. The average molecular weight is 313 g/mol. The van der Waals surface area contributed by atoms with E-state index in [9.17, 15) is 4.79 Å². The van der Waals surface area contributed by atoms with Gasteiger partial charge in [-0.1, -0.05) is 38.0 Å². The molecule has 0 radical (unpaired) electrons. The van der Waals surface area contributed by atoms with Crippen molar-refractivity contribution in [3.05, 3.63) is 53.6 Å². The molecule has 0 N–H and O–H groups in total.